The highest BCUT2D eigenvalue weighted by Gasteiger charge is 2.03. The molecule has 68 valence electrons. The van der Waals surface area contributed by atoms with Crippen molar-refractivity contribution >= 4 is 0 Å². The van der Waals surface area contributed by atoms with Gasteiger partial charge in [0.05, 0.1) is 13.6 Å². The third-order valence-electron chi connectivity index (χ3n) is 1.67. The molecule has 0 aromatic carbocycles. The quantitative estimate of drug-likeness (QED) is 0.492. The first kappa shape index (κ1) is 11.0. The zero-order chi connectivity index (χ0) is 9.40. The second kappa shape index (κ2) is 6.68. The van der Waals surface area contributed by atoms with Crippen molar-refractivity contribution in [1.82, 2.24) is 10.6 Å². The molecule has 0 aliphatic rings. The minimum atomic E-state index is 0.800. The molecule has 0 unspecified atom stereocenters. The molecule has 0 amide bonds. The van der Waals surface area contributed by atoms with Crippen LogP contribution in [-0.4, -0.2) is 20.6 Å². The van der Waals surface area contributed by atoms with E-state index in [4.69, 9.17) is 0 Å². The lowest BCUT2D eigenvalue weighted by Crippen LogP contribution is -2.10. The summed E-state index contributed by atoms with van der Waals surface area (Å²) in [6.45, 7) is 5.02. The fourth-order valence-electron chi connectivity index (χ4n) is 0.781. The summed E-state index contributed by atoms with van der Waals surface area (Å²) < 4.78 is 0. The largest absolute Gasteiger partial charge is 0.374 e. The van der Waals surface area contributed by atoms with Gasteiger partial charge in [0.1, 0.15) is 0 Å². The van der Waals surface area contributed by atoms with Crippen LogP contribution in [0.25, 0.3) is 4.85 Å². The predicted octanol–water partition coefficient (Wildman–Crippen LogP) is 1.40. The average Bonchev–Trinajstić information content (AvgIpc) is 2.11. The van der Waals surface area contributed by atoms with Gasteiger partial charge in [-0.05, 0) is 26.0 Å². The van der Waals surface area contributed by atoms with Crippen molar-refractivity contribution in [3.05, 3.63) is 16.1 Å². The van der Waals surface area contributed by atoms with Crippen molar-refractivity contribution in [1.29, 1.82) is 0 Å². The summed E-state index contributed by atoms with van der Waals surface area (Å²) in [7, 11) is 3.71. The van der Waals surface area contributed by atoms with E-state index in [-0.39, 0.29) is 0 Å². The Labute approximate surface area is 74.7 Å². The van der Waals surface area contributed by atoms with E-state index in [1.165, 1.54) is 5.57 Å². The zero-order valence-electron chi connectivity index (χ0n) is 8.36. The molecule has 0 saturated heterocycles. The summed E-state index contributed by atoms with van der Waals surface area (Å²) in [6.07, 6.45) is 3.76. The number of nitrogens with one attached hydrogen (secondary N) is 2. The van der Waals surface area contributed by atoms with Gasteiger partial charge in [-0.2, -0.15) is 4.85 Å². The van der Waals surface area contributed by atoms with Gasteiger partial charge in [-0.25, -0.2) is 5.32 Å². The van der Waals surface area contributed by atoms with Crippen LogP contribution in [0.15, 0.2) is 11.3 Å². The summed E-state index contributed by atoms with van der Waals surface area (Å²) >= 11 is 0. The molecule has 2 N–H and O–H groups in total. The topological polar surface area (TPSA) is 28.4 Å². The van der Waals surface area contributed by atoms with Crippen LogP contribution in [0, 0.1) is 6.19 Å². The minimum absolute atomic E-state index is 0.800. The highest BCUT2D eigenvalue weighted by Crippen LogP contribution is 2.07. The third-order valence-corrected chi connectivity index (χ3v) is 1.67. The van der Waals surface area contributed by atoms with Crippen LogP contribution < -0.4 is 10.6 Å². The average molecular weight is 168 g/mol. The summed E-state index contributed by atoms with van der Waals surface area (Å²) in [5, 5.41) is 5.83. The molecule has 0 aliphatic heterocycles. The Morgan fingerprint density at radius 1 is 1.42 bits per heavy atom. The Balaban J connectivity index is 4.42. The van der Waals surface area contributed by atoms with Crippen LogP contribution in [0.1, 0.15) is 20.3 Å². The van der Waals surface area contributed by atoms with Crippen LogP contribution in [0.2, 0.25) is 0 Å². The van der Waals surface area contributed by atoms with Gasteiger partial charge in [-0.3, -0.25) is 0 Å². The van der Waals surface area contributed by atoms with Gasteiger partial charge >= 0.3 is 6.19 Å². The van der Waals surface area contributed by atoms with Crippen LogP contribution in [0.5, 0.6) is 0 Å². The van der Waals surface area contributed by atoms with Crippen molar-refractivity contribution in [2.75, 3.05) is 20.6 Å². The van der Waals surface area contributed by atoms with E-state index in [2.05, 4.69) is 35.5 Å². The van der Waals surface area contributed by atoms with Crippen LogP contribution >= 0.6 is 0 Å². The molecule has 0 saturated carbocycles. The Hall–Kier alpha value is -1.01. The molecule has 0 radical (unpaired) electrons. The smallest absolute Gasteiger partial charge is 0.311 e. The molecule has 0 heterocycles. The standard InChI is InChI=1S/C9H17N3/c1-5-8(2)9(6-10-3)12-7-11-4/h10H,5-6H2,1-4H3/p+1. The van der Waals surface area contributed by atoms with Gasteiger partial charge in [0.2, 0.25) is 5.70 Å². The maximum Gasteiger partial charge on any atom is 0.374 e. The van der Waals surface area contributed by atoms with Crippen molar-refractivity contribution < 1.29 is 0 Å². The Morgan fingerprint density at radius 3 is 2.50 bits per heavy atom. The van der Waals surface area contributed by atoms with Gasteiger partial charge in [0.15, 0.2) is 0 Å². The van der Waals surface area contributed by atoms with Crippen molar-refractivity contribution in [2.45, 2.75) is 20.3 Å². The van der Waals surface area contributed by atoms with Gasteiger partial charge in [0.25, 0.3) is 0 Å². The van der Waals surface area contributed by atoms with E-state index in [1.807, 2.05) is 7.05 Å². The Kier molecular flexibility index (Phi) is 6.12. The number of allylic oxidation sites excluding steroid dienone is 1. The maximum absolute atomic E-state index is 4.16. The monoisotopic (exact) mass is 168 g/mol. The third kappa shape index (κ3) is 3.99. The molecule has 0 aromatic heterocycles. The van der Waals surface area contributed by atoms with E-state index in [0.717, 1.165) is 18.7 Å². The molecule has 3 heteroatoms. The maximum atomic E-state index is 4.16. The summed E-state index contributed by atoms with van der Waals surface area (Å²) in [5.41, 5.74) is 2.36. The molecule has 0 aliphatic carbocycles. The van der Waals surface area contributed by atoms with Crippen molar-refractivity contribution in [2.24, 2.45) is 0 Å². The van der Waals surface area contributed by atoms with E-state index >= 15 is 0 Å². The molecule has 0 spiro atoms. The SMILES string of the molecule is CCC(C)=C(CNC)[N+]#CNC. The molecule has 0 rings (SSSR count). The number of likely N-dealkylation sites (N-methyl/N-ethyl adjacent to an activating group) is 1. The van der Waals surface area contributed by atoms with E-state index in [9.17, 15) is 0 Å². The molecule has 0 bridgehead atoms. The van der Waals surface area contributed by atoms with E-state index < -0.39 is 0 Å². The number of rotatable bonds is 3. The fourth-order valence-corrected chi connectivity index (χ4v) is 0.781. The van der Waals surface area contributed by atoms with Crippen LogP contribution in [0.4, 0.5) is 0 Å². The van der Waals surface area contributed by atoms with Gasteiger partial charge in [-0.15, -0.1) is 0 Å². The lowest BCUT2D eigenvalue weighted by molar-refractivity contribution is 0.873. The molecule has 3 nitrogen and oxygen atoms in total. The summed E-state index contributed by atoms with van der Waals surface area (Å²) in [5.74, 6) is 0. The second-order valence-corrected chi connectivity index (χ2v) is 2.58. The van der Waals surface area contributed by atoms with Gasteiger partial charge in [0, 0.05) is 0 Å². The minimum Gasteiger partial charge on any atom is -0.311 e. The van der Waals surface area contributed by atoms with Crippen molar-refractivity contribution in [3.8, 4) is 6.19 Å². The summed E-state index contributed by atoms with van der Waals surface area (Å²) in [6, 6.07) is 0. The lowest BCUT2D eigenvalue weighted by atomic mass is 10.2. The first-order valence-electron chi connectivity index (χ1n) is 4.21. The first-order chi connectivity index (χ1) is 5.76. The molecule has 0 atom stereocenters. The molecule has 0 aromatic rings. The number of hydrogen-bond donors (Lipinski definition) is 2. The van der Waals surface area contributed by atoms with Crippen LogP contribution in [0.3, 0.4) is 0 Å². The first-order valence-corrected chi connectivity index (χ1v) is 4.21. The van der Waals surface area contributed by atoms with Crippen molar-refractivity contribution in [3.63, 3.8) is 0 Å². The Bertz CT molecular complexity index is 208. The van der Waals surface area contributed by atoms with E-state index in [0.29, 0.717) is 0 Å². The molecule has 0 fully saturated rings. The molecular formula is C9H18N3+. The highest BCUT2D eigenvalue weighted by molar-refractivity contribution is 5.22. The molecular weight excluding hydrogens is 150 g/mol. The van der Waals surface area contributed by atoms with Gasteiger partial charge in [-0.1, -0.05) is 6.92 Å². The summed E-state index contributed by atoms with van der Waals surface area (Å²) in [4.78, 5) is 4.16. The lowest BCUT2D eigenvalue weighted by Gasteiger charge is -1.96. The molecule has 12 heavy (non-hydrogen) atoms. The number of nitrogens with zero attached hydrogens (tertiary/aromatic N) is 1. The second-order valence-electron chi connectivity index (χ2n) is 2.58. The van der Waals surface area contributed by atoms with Gasteiger partial charge < -0.3 is 5.32 Å². The normalized spacial score (nSPS) is 11.3. The fraction of sp³-hybridized carbons (Fsp3) is 0.667. The predicted molar refractivity (Wildman–Crippen MR) is 53.2 cm³/mol. The van der Waals surface area contributed by atoms with Crippen LogP contribution in [-0.2, 0) is 0 Å². The Morgan fingerprint density at radius 2 is 2.08 bits per heavy atom. The van der Waals surface area contributed by atoms with E-state index in [1.54, 1.807) is 7.05 Å². The number of hydrogen-bond acceptors (Lipinski definition) is 2. The highest BCUT2D eigenvalue weighted by atomic mass is 14.9. The zero-order valence-corrected chi connectivity index (χ0v) is 8.36.